The first-order chi connectivity index (χ1) is 8.33. The Hall–Kier alpha value is -0.680. The van der Waals surface area contributed by atoms with E-state index < -0.39 is 0 Å². The predicted molar refractivity (Wildman–Crippen MR) is 72.4 cm³/mol. The lowest BCUT2D eigenvalue weighted by Gasteiger charge is -2.15. The van der Waals surface area contributed by atoms with Gasteiger partial charge in [-0.2, -0.15) is 0 Å². The highest BCUT2D eigenvalue weighted by Crippen LogP contribution is 2.25. The van der Waals surface area contributed by atoms with Gasteiger partial charge in [-0.25, -0.2) is 0 Å². The molecule has 1 N–H and O–H groups in total. The van der Waals surface area contributed by atoms with Gasteiger partial charge in [0, 0.05) is 31.2 Å². The topological polar surface area (TPSA) is 41.1 Å². The van der Waals surface area contributed by atoms with Crippen molar-refractivity contribution in [2.24, 2.45) is 5.92 Å². The fraction of sp³-hybridized carbons (Fsp3) is 0.833. The smallest absolute Gasteiger partial charge is 0.134 e. The third-order valence-corrected chi connectivity index (χ3v) is 4.06. The molecule has 1 fully saturated rings. The van der Waals surface area contributed by atoms with Crippen LogP contribution in [0.3, 0.4) is 0 Å². The minimum Gasteiger partial charge on any atom is -0.374 e. The lowest BCUT2D eigenvalue weighted by molar-refractivity contribution is 0.309. The summed E-state index contributed by atoms with van der Waals surface area (Å²) in [7, 11) is 0. The SMILES string of the molecule is CCCC1CCN(Cc2nnsc2NCC)C1. The molecule has 4 nitrogen and oxygen atoms in total. The van der Waals surface area contributed by atoms with Gasteiger partial charge in [-0.1, -0.05) is 17.8 Å². The molecule has 0 spiro atoms. The van der Waals surface area contributed by atoms with Gasteiger partial charge in [-0.3, -0.25) is 4.90 Å². The Kier molecular flexibility index (Phi) is 4.74. The van der Waals surface area contributed by atoms with Crippen LogP contribution in [0.2, 0.25) is 0 Å². The number of aromatic nitrogens is 2. The number of nitrogens with one attached hydrogen (secondary N) is 1. The summed E-state index contributed by atoms with van der Waals surface area (Å²) in [4.78, 5) is 2.51. The second kappa shape index (κ2) is 6.31. The van der Waals surface area contributed by atoms with Crippen molar-refractivity contribution >= 4 is 16.5 Å². The van der Waals surface area contributed by atoms with Crippen LogP contribution in [-0.2, 0) is 6.54 Å². The Labute approximate surface area is 108 Å². The highest BCUT2D eigenvalue weighted by Gasteiger charge is 2.23. The minimum absolute atomic E-state index is 0.897. The molecule has 96 valence electrons. The first kappa shape index (κ1) is 12.8. The molecular formula is C12H22N4S. The van der Waals surface area contributed by atoms with Crippen molar-refractivity contribution in [1.82, 2.24) is 14.5 Å². The molecule has 2 heterocycles. The van der Waals surface area contributed by atoms with E-state index in [-0.39, 0.29) is 0 Å². The highest BCUT2D eigenvalue weighted by atomic mass is 32.1. The first-order valence-corrected chi connectivity index (χ1v) is 7.38. The Morgan fingerprint density at radius 2 is 2.35 bits per heavy atom. The molecule has 0 radical (unpaired) electrons. The molecule has 1 aliphatic rings. The van der Waals surface area contributed by atoms with E-state index in [1.54, 1.807) is 0 Å². The molecule has 1 saturated heterocycles. The number of nitrogens with zero attached hydrogens (tertiary/aromatic N) is 3. The van der Waals surface area contributed by atoms with Gasteiger partial charge in [0.1, 0.15) is 10.7 Å². The molecule has 2 rings (SSSR count). The van der Waals surface area contributed by atoms with E-state index in [9.17, 15) is 0 Å². The molecule has 17 heavy (non-hydrogen) atoms. The molecule has 0 amide bonds. The summed E-state index contributed by atoms with van der Waals surface area (Å²) in [6.45, 7) is 8.73. The van der Waals surface area contributed by atoms with Crippen LogP contribution in [0.1, 0.15) is 38.8 Å². The third-order valence-electron chi connectivity index (χ3n) is 3.33. The third kappa shape index (κ3) is 3.39. The Morgan fingerprint density at radius 3 is 3.12 bits per heavy atom. The second-order valence-electron chi connectivity index (χ2n) is 4.76. The zero-order valence-corrected chi connectivity index (χ0v) is 11.6. The van der Waals surface area contributed by atoms with Crippen LogP contribution in [0.4, 0.5) is 5.00 Å². The van der Waals surface area contributed by atoms with Crippen molar-refractivity contribution in [3.8, 4) is 0 Å². The number of hydrogen-bond donors (Lipinski definition) is 1. The van der Waals surface area contributed by atoms with Crippen LogP contribution < -0.4 is 5.32 Å². The molecule has 5 heteroatoms. The largest absolute Gasteiger partial charge is 0.374 e. The second-order valence-corrected chi connectivity index (χ2v) is 5.51. The van der Waals surface area contributed by atoms with E-state index in [1.807, 2.05) is 0 Å². The van der Waals surface area contributed by atoms with Gasteiger partial charge in [0.25, 0.3) is 0 Å². The molecule has 0 saturated carbocycles. The molecule has 0 aliphatic carbocycles. The van der Waals surface area contributed by atoms with E-state index in [1.165, 1.54) is 43.9 Å². The molecule has 0 aromatic carbocycles. The number of rotatable bonds is 6. The lowest BCUT2D eigenvalue weighted by atomic mass is 10.0. The normalized spacial score (nSPS) is 20.9. The maximum absolute atomic E-state index is 4.23. The van der Waals surface area contributed by atoms with E-state index >= 15 is 0 Å². The summed E-state index contributed by atoms with van der Waals surface area (Å²) in [5.74, 6) is 0.897. The molecule has 1 aromatic heterocycles. The average Bonchev–Trinajstić information content (AvgIpc) is 2.91. The van der Waals surface area contributed by atoms with Crippen LogP contribution in [0.25, 0.3) is 0 Å². The molecule has 1 atom stereocenters. The molecule has 0 bridgehead atoms. The van der Waals surface area contributed by atoms with Gasteiger partial charge in [0.05, 0.1) is 0 Å². The van der Waals surface area contributed by atoms with Crippen LogP contribution in [0.5, 0.6) is 0 Å². The van der Waals surface area contributed by atoms with Gasteiger partial charge in [0.15, 0.2) is 0 Å². The zero-order valence-electron chi connectivity index (χ0n) is 10.8. The van der Waals surface area contributed by atoms with Crippen LogP contribution in [-0.4, -0.2) is 34.1 Å². The maximum atomic E-state index is 4.23. The summed E-state index contributed by atoms with van der Waals surface area (Å²) in [6, 6.07) is 0. The van der Waals surface area contributed by atoms with Gasteiger partial charge < -0.3 is 5.32 Å². The van der Waals surface area contributed by atoms with Gasteiger partial charge in [-0.05, 0) is 32.2 Å². The zero-order chi connectivity index (χ0) is 12.1. The van der Waals surface area contributed by atoms with Gasteiger partial charge >= 0.3 is 0 Å². The number of hydrogen-bond acceptors (Lipinski definition) is 5. The molecule has 1 aromatic rings. The number of likely N-dealkylation sites (tertiary alicyclic amines) is 1. The van der Waals surface area contributed by atoms with Crippen molar-refractivity contribution in [3.05, 3.63) is 5.69 Å². The van der Waals surface area contributed by atoms with Gasteiger partial charge in [0.2, 0.25) is 0 Å². The summed E-state index contributed by atoms with van der Waals surface area (Å²) < 4.78 is 4.04. The van der Waals surface area contributed by atoms with E-state index in [2.05, 4.69) is 33.7 Å². The summed E-state index contributed by atoms with van der Waals surface area (Å²) in [6.07, 6.45) is 4.02. The number of anilines is 1. The monoisotopic (exact) mass is 254 g/mol. The fourth-order valence-corrected chi connectivity index (χ4v) is 3.16. The average molecular weight is 254 g/mol. The van der Waals surface area contributed by atoms with Crippen LogP contribution >= 0.6 is 11.5 Å². The summed E-state index contributed by atoms with van der Waals surface area (Å²) in [5.41, 5.74) is 1.12. The van der Waals surface area contributed by atoms with E-state index in [0.29, 0.717) is 0 Å². The lowest BCUT2D eigenvalue weighted by Crippen LogP contribution is -2.21. The van der Waals surface area contributed by atoms with Crippen molar-refractivity contribution in [2.75, 3.05) is 25.0 Å². The van der Waals surface area contributed by atoms with Crippen molar-refractivity contribution in [3.63, 3.8) is 0 Å². The molecule has 1 unspecified atom stereocenters. The summed E-state index contributed by atoms with van der Waals surface area (Å²) in [5, 5.41) is 8.71. The van der Waals surface area contributed by atoms with Crippen LogP contribution in [0.15, 0.2) is 0 Å². The Balaban J connectivity index is 1.86. The molecule has 1 aliphatic heterocycles. The summed E-state index contributed by atoms with van der Waals surface area (Å²) >= 11 is 1.47. The van der Waals surface area contributed by atoms with Crippen molar-refractivity contribution in [1.29, 1.82) is 0 Å². The highest BCUT2D eigenvalue weighted by molar-refractivity contribution is 7.10. The van der Waals surface area contributed by atoms with E-state index in [0.717, 1.165) is 29.7 Å². The Morgan fingerprint density at radius 1 is 1.47 bits per heavy atom. The molecular weight excluding hydrogens is 232 g/mol. The first-order valence-electron chi connectivity index (χ1n) is 6.61. The minimum atomic E-state index is 0.897. The maximum Gasteiger partial charge on any atom is 0.134 e. The fourth-order valence-electron chi connectivity index (χ4n) is 2.52. The quantitative estimate of drug-likeness (QED) is 0.847. The van der Waals surface area contributed by atoms with Crippen molar-refractivity contribution in [2.45, 2.75) is 39.7 Å². The van der Waals surface area contributed by atoms with Crippen LogP contribution in [0, 0.1) is 5.92 Å². The van der Waals surface area contributed by atoms with E-state index in [4.69, 9.17) is 0 Å². The van der Waals surface area contributed by atoms with Gasteiger partial charge in [-0.15, -0.1) is 5.10 Å². The standard InChI is InChI=1S/C12H22N4S/c1-3-5-10-6-7-16(8-10)9-11-12(13-4-2)17-15-14-11/h10,13H,3-9H2,1-2H3. The predicted octanol–water partition coefficient (Wildman–Crippen LogP) is 2.59. The van der Waals surface area contributed by atoms with Crippen molar-refractivity contribution < 1.29 is 0 Å². The Bertz CT molecular complexity index is 339.